The van der Waals surface area contributed by atoms with Crippen LogP contribution in [0.1, 0.15) is 12.8 Å². The fourth-order valence-corrected chi connectivity index (χ4v) is 2.13. The normalized spacial score (nSPS) is 15.8. The SMILES string of the molecule is CS(=O)(=O)c1ccc(OCCNC2CC2)cc1. The zero-order chi connectivity index (χ0) is 12.3. The van der Waals surface area contributed by atoms with E-state index < -0.39 is 9.84 Å². The molecule has 0 radical (unpaired) electrons. The van der Waals surface area contributed by atoms with Gasteiger partial charge in [0.15, 0.2) is 9.84 Å². The van der Waals surface area contributed by atoms with Gasteiger partial charge in [-0.1, -0.05) is 0 Å². The summed E-state index contributed by atoms with van der Waals surface area (Å²) in [7, 11) is -3.12. The summed E-state index contributed by atoms with van der Waals surface area (Å²) >= 11 is 0. The molecule has 17 heavy (non-hydrogen) atoms. The van der Waals surface area contributed by atoms with Crippen molar-refractivity contribution in [3.63, 3.8) is 0 Å². The van der Waals surface area contributed by atoms with Crippen LogP contribution in [0.25, 0.3) is 0 Å². The number of rotatable bonds is 6. The van der Waals surface area contributed by atoms with Crippen LogP contribution in [-0.2, 0) is 9.84 Å². The molecular weight excluding hydrogens is 238 g/mol. The minimum absolute atomic E-state index is 0.320. The standard InChI is InChI=1S/C12H17NO3S/c1-17(14,15)12-6-4-11(5-7-12)16-9-8-13-10-2-3-10/h4-7,10,13H,2-3,8-9H2,1H3. The second-order valence-corrected chi connectivity index (χ2v) is 6.34. The van der Waals surface area contributed by atoms with Gasteiger partial charge in [-0.05, 0) is 37.1 Å². The molecule has 1 aliphatic rings. The summed E-state index contributed by atoms with van der Waals surface area (Å²) in [6.45, 7) is 1.44. The van der Waals surface area contributed by atoms with Crippen molar-refractivity contribution in [1.29, 1.82) is 0 Å². The molecule has 94 valence electrons. The van der Waals surface area contributed by atoms with Crippen molar-refractivity contribution in [3.8, 4) is 5.75 Å². The predicted octanol–water partition coefficient (Wildman–Crippen LogP) is 1.22. The maximum atomic E-state index is 11.2. The number of hydrogen-bond donors (Lipinski definition) is 1. The highest BCUT2D eigenvalue weighted by molar-refractivity contribution is 7.90. The van der Waals surface area contributed by atoms with Crippen molar-refractivity contribution < 1.29 is 13.2 Å². The van der Waals surface area contributed by atoms with Crippen LogP contribution in [0, 0.1) is 0 Å². The van der Waals surface area contributed by atoms with Crippen LogP contribution in [0.2, 0.25) is 0 Å². The third-order valence-corrected chi connectivity index (χ3v) is 3.76. The van der Waals surface area contributed by atoms with E-state index in [2.05, 4.69) is 5.32 Å². The van der Waals surface area contributed by atoms with Crippen LogP contribution in [-0.4, -0.2) is 33.9 Å². The fraction of sp³-hybridized carbons (Fsp3) is 0.500. The number of nitrogens with one attached hydrogen (secondary N) is 1. The van der Waals surface area contributed by atoms with Gasteiger partial charge < -0.3 is 10.1 Å². The van der Waals surface area contributed by atoms with Crippen molar-refractivity contribution >= 4 is 9.84 Å². The second kappa shape index (κ2) is 5.06. The summed E-state index contributed by atoms with van der Waals surface area (Å²) in [6.07, 6.45) is 3.73. The first-order valence-corrected chi connectivity index (χ1v) is 7.61. The van der Waals surface area contributed by atoms with Crippen LogP contribution >= 0.6 is 0 Å². The first-order valence-electron chi connectivity index (χ1n) is 5.72. The molecule has 1 saturated carbocycles. The van der Waals surface area contributed by atoms with E-state index in [1.54, 1.807) is 24.3 Å². The molecule has 4 nitrogen and oxygen atoms in total. The highest BCUT2D eigenvalue weighted by Crippen LogP contribution is 2.18. The first-order chi connectivity index (χ1) is 8.05. The Morgan fingerprint density at radius 2 is 1.94 bits per heavy atom. The molecule has 1 aliphatic carbocycles. The Balaban J connectivity index is 1.80. The molecule has 2 rings (SSSR count). The second-order valence-electron chi connectivity index (χ2n) is 4.32. The van der Waals surface area contributed by atoms with Crippen LogP contribution in [0.5, 0.6) is 5.75 Å². The zero-order valence-corrected chi connectivity index (χ0v) is 10.7. The Morgan fingerprint density at radius 3 is 2.47 bits per heavy atom. The van der Waals surface area contributed by atoms with E-state index >= 15 is 0 Å². The van der Waals surface area contributed by atoms with Crippen LogP contribution in [0.15, 0.2) is 29.2 Å². The number of hydrogen-bond acceptors (Lipinski definition) is 4. The van der Waals surface area contributed by atoms with E-state index in [0.29, 0.717) is 23.3 Å². The lowest BCUT2D eigenvalue weighted by Gasteiger charge is -2.07. The van der Waals surface area contributed by atoms with Crippen molar-refractivity contribution in [2.75, 3.05) is 19.4 Å². The zero-order valence-electron chi connectivity index (χ0n) is 9.85. The molecule has 0 bridgehead atoms. The van der Waals surface area contributed by atoms with Gasteiger partial charge in [-0.3, -0.25) is 0 Å². The van der Waals surface area contributed by atoms with Gasteiger partial charge in [0.25, 0.3) is 0 Å². The van der Waals surface area contributed by atoms with Crippen LogP contribution in [0.4, 0.5) is 0 Å². The fourth-order valence-electron chi connectivity index (χ4n) is 1.50. The predicted molar refractivity (Wildman–Crippen MR) is 66.1 cm³/mol. The smallest absolute Gasteiger partial charge is 0.175 e. The molecule has 0 unspecified atom stereocenters. The summed E-state index contributed by atoms with van der Waals surface area (Å²) in [5.74, 6) is 0.704. The van der Waals surface area contributed by atoms with Crippen LogP contribution < -0.4 is 10.1 Å². The molecule has 0 aromatic heterocycles. The molecule has 1 aromatic rings. The lowest BCUT2D eigenvalue weighted by molar-refractivity contribution is 0.313. The van der Waals surface area contributed by atoms with Crippen LogP contribution in [0.3, 0.4) is 0 Å². The van der Waals surface area contributed by atoms with E-state index in [-0.39, 0.29) is 0 Å². The molecule has 0 heterocycles. The molecule has 0 aliphatic heterocycles. The maximum absolute atomic E-state index is 11.2. The van der Waals surface area contributed by atoms with E-state index in [9.17, 15) is 8.42 Å². The van der Waals surface area contributed by atoms with Crippen molar-refractivity contribution in [2.24, 2.45) is 0 Å². The summed E-state index contributed by atoms with van der Waals surface area (Å²) in [4.78, 5) is 0.320. The molecular formula is C12H17NO3S. The van der Waals surface area contributed by atoms with Gasteiger partial charge in [0, 0.05) is 18.8 Å². The largest absolute Gasteiger partial charge is 0.492 e. The summed E-state index contributed by atoms with van der Waals surface area (Å²) in [6, 6.07) is 7.20. The minimum atomic E-state index is -3.12. The third kappa shape index (κ3) is 4.02. The van der Waals surface area contributed by atoms with E-state index in [0.717, 1.165) is 6.54 Å². The van der Waals surface area contributed by atoms with E-state index in [4.69, 9.17) is 4.74 Å². The quantitative estimate of drug-likeness (QED) is 0.777. The van der Waals surface area contributed by atoms with Gasteiger partial charge in [-0.15, -0.1) is 0 Å². The molecule has 0 spiro atoms. The topological polar surface area (TPSA) is 55.4 Å². The Kier molecular flexibility index (Phi) is 3.69. The highest BCUT2D eigenvalue weighted by Gasteiger charge is 2.19. The van der Waals surface area contributed by atoms with Gasteiger partial charge in [0.2, 0.25) is 0 Å². The summed E-state index contributed by atoms with van der Waals surface area (Å²) in [5.41, 5.74) is 0. The maximum Gasteiger partial charge on any atom is 0.175 e. The van der Waals surface area contributed by atoms with Crippen molar-refractivity contribution in [2.45, 2.75) is 23.8 Å². The Morgan fingerprint density at radius 1 is 1.29 bits per heavy atom. The van der Waals surface area contributed by atoms with E-state index in [1.807, 2.05) is 0 Å². The lowest BCUT2D eigenvalue weighted by Crippen LogP contribution is -2.22. The Bertz CT molecular complexity index is 463. The minimum Gasteiger partial charge on any atom is -0.492 e. The number of ether oxygens (including phenoxy) is 1. The molecule has 5 heteroatoms. The van der Waals surface area contributed by atoms with Gasteiger partial charge in [0.05, 0.1) is 4.90 Å². The number of sulfone groups is 1. The monoisotopic (exact) mass is 255 g/mol. The van der Waals surface area contributed by atoms with Gasteiger partial charge in [-0.25, -0.2) is 8.42 Å². The molecule has 1 fully saturated rings. The van der Waals surface area contributed by atoms with Gasteiger partial charge >= 0.3 is 0 Å². The van der Waals surface area contributed by atoms with Gasteiger partial charge in [0.1, 0.15) is 12.4 Å². The molecule has 0 atom stereocenters. The number of benzene rings is 1. The summed E-state index contributed by atoms with van der Waals surface area (Å²) in [5, 5.41) is 3.34. The summed E-state index contributed by atoms with van der Waals surface area (Å²) < 4.78 is 28.0. The first kappa shape index (κ1) is 12.4. The average molecular weight is 255 g/mol. The van der Waals surface area contributed by atoms with Gasteiger partial charge in [-0.2, -0.15) is 0 Å². The third-order valence-electron chi connectivity index (χ3n) is 2.63. The lowest BCUT2D eigenvalue weighted by atomic mass is 10.3. The molecule has 1 N–H and O–H groups in total. The van der Waals surface area contributed by atoms with E-state index in [1.165, 1.54) is 19.1 Å². The highest BCUT2D eigenvalue weighted by atomic mass is 32.2. The molecule has 1 aromatic carbocycles. The molecule has 0 saturated heterocycles. The molecule has 0 amide bonds. The van der Waals surface area contributed by atoms with Crippen molar-refractivity contribution in [1.82, 2.24) is 5.32 Å². The average Bonchev–Trinajstić information content (AvgIpc) is 3.08. The van der Waals surface area contributed by atoms with Crippen molar-refractivity contribution in [3.05, 3.63) is 24.3 Å². The Labute approximate surface area is 102 Å². The Hall–Kier alpha value is -1.07.